The molecule has 2 saturated heterocycles. The Bertz CT molecular complexity index is 712. The summed E-state index contributed by atoms with van der Waals surface area (Å²) >= 11 is 0. The topological polar surface area (TPSA) is 40.6 Å². The van der Waals surface area contributed by atoms with Crippen molar-refractivity contribution in [1.82, 2.24) is 9.80 Å². The quantitative estimate of drug-likeness (QED) is 0.830. The Balaban J connectivity index is 1.52. The third-order valence-electron chi connectivity index (χ3n) is 6.38. The van der Waals surface area contributed by atoms with Gasteiger partial charge in [-0.2, -0.15) is 0 Å². The summed E-state index contributed by atoms with van der Waals surface area (Å²) in [6.45, 7) is 6.31. The number of fused-ring (bicyclic) bond motifs is 1. The summed E-state index contributed by atoms with van der Waals surface area (Å²) in [6.07, 6.45) is 6.19. The minimum absolute atomic E-state index is 0.0982. The minimum Gasteiger partial charge on any atom is -0.340 e. The van der Waals surface area contributed by atoms with E-state index in [1.165, 1.54) is 17.5 Å². The zero-order valence-corrected chi connectivity index (χ0v) is 15.4. The van der Waals surface area contributed by atoms with Gasteiger partial charge < -0.3 is 9.80 Å². The SMILES string of the molecule is CC(C)N1CCC[C@]2(CCN(C(=O)c3ccc4c(c3)CCC4)C2)C1=O. The molecule has 0 saturated carbocycles. The lowest BCUT2D eigenvalue weighted by atomic mass is 9.78. The summed E-state index contributed by atoms with van der Waals surface area (Å²) in [5, 5.41) is 0. The Morgan fingerprint density at radius 1 is 1.08 bits per heavy atom. The fourth-order valence-corrected chi connectivity index (χ4v) is 4.91. The van der Waals surface area contributed by atoms with Gasteiger partial charge in [-0.3, -0.25) is 9.59 Å². The standard InChI is InChI=1S/C21H28N2O2/c1-15(2)23-11-4-9-21(20(23)25)10-12-22(14-21)19(24)18-8-7-16-5-3-6-17(16)13-18/h7-8,13,15H,3-6,9-12,14H2,1-2H3/t21-/m1/s1. The van der Waals surface area contributed by atoms with Gasteiger partial charge in [0.15, 0.2) is 0 Å². The molecule has 0 radical (unpaired) electrons. The van der Waals surface area contributed by atoms with Crippen LogP contribution in [0.1, 0.15) is 61.0 Å². The Morgan fingerprint density at radius 3 is 2.68 bits per heavy atom. The fraction of sp³-hybridized carbons (Fsp3) is 0.619. The lowest BCUT2D eigenvalue weighted by molar-refractivity contribution is -0.147. The Hall–Kier alpha value is -1.84. The molecule has 2 fully saturated rings. The van der Waals surface area contributed by atoms with Gasteiger partial charge in [0.05, 0.1) is 5.41 Å². The van der Waals surface area contributed by atoms with Crippen molar-refractivity contribution in [3.63, 3.8) is 0 Å². The molecule has 1 aromatic carbocycles. The van der Waals surface area contributed by atoms with Crippen molar-refractivity contribution in [2.75, 3.05) is 19.6 Å². The fourth-order valence-electron chi connectivity index (χ4n) is 4.91. The normalized spacial score (nSPS) is 26.0. The highest BCUT2D eigenvalue weighted by atomic mass is 16.2. The number of benzene rings is 1. The first-order chi connectivity index (χ1) is 12.0. The van der Waals surface area contributed by atoms with Gasteiger partial charge in [0.1, 0.15) is 0 Å². The molecule has 3 aliphatic rings. The number of rotatable bonds is 2. The van der Waals surface area contributed by atoms with Crippen LogP contribution >= 0.6 is 0 Å². The summed E-state index contributed by atoms with van der Waals surface area (Å²) < 4.78 is 0. The Kier molecular flexibility index (Phi) is 4.09. The molecule has 25 heavy (non-hydrogen) atoms. The first kappa shape index (κ1) is 16.6. The predicted octanol–water partition coefficient (Wildman–Crippen LogP) is 3.04. The van der Waals surface area contributed by atoms with E-state index in [1.54, 1.807) is 0 Å². The lowest BCUT2D eigenvalue weighted by Crippen LogP contribution is -2.52. The lowest BCUT2D eigenvalue weighted by Gasteiger charge is -2.41. The maximum absolute atomic E-state index is 13.0. The van der Waals surface area contributed by atoms with Crippen LogP contribution in [0.4, 0.5) is 0 Å². The highest BCUT2D eigenvalue weighted by molar-refractivity contribution is 5.96. The zero-order chi connectivity index (χ0) is 17.6. The second-order valence-corrected chi connectivity index (χ2v) is 8.29. The number of hydrogen-bond acceptors (Lipinski definition) is 2. The first-order valence-electron chi connectivity index (χ1n) is 9.72. The van der Waals surface area contributed by atoms with E-state index in [1.807, 2.05) is 15.9 Å². The van der Waals surface area contributed by atoms with Gasteiger partial charge in [-0.05, 0) is 75.6 Å². The van der Waals surface area contributed by atoms with Crippen LogP contribution in [0, 0.1) is 5.41 Å². The monoisotopic (exact) mass is 340 g/mol. The zero-order valence-electron chi connectivity index (χ0n) is 15.4. The molecule has 0 aromatic heterocycles. The van der Waals surface area contributed by atoms with E-state index in [0.717, 1.165) is 44.2 Å². The Morgan fingerprint density at radius 2 is 1.88 bits per heavy atom. The van der Waals surface area contributed by atoms with Gasteiger partial charge in [0, 0.05) is 31.2 Å². The molecule has 1 atom stereocenters. The number of carbonyl (C=O) groups excluding carboxylic acids is 2. The van der Waals surface area contributed by atoms with Gasteiger partial charge in [0.2, 0.25) is 5.91 Å². The van der Waals surface area contributed by atoms with Crippen LogP contribution in [-0.4, -0.2) is 47.3 Å². The van der Waals surface area contributed by atoms with Gasteiger partial charge in [0.25, 0.3) is 5.91 Å². The number of aryl methyl sites for hydroxylation is 2. The van der Waals surface area contributed by atoms with Crippen LogP contribution in [0.15, 0.2) is 18.2 Å². The molecule has 2 heterocycles. The number of piperidine rings is 1. The molecule has 1 aromatic rings. The summed E-state index contributed by atoms with van der Waals surface area (Å²) in [5.41, 5.74) is 3.18. The van der Waals surface area contributed by atoms with Gasteiger partial charge in [-0.25, -0.2) is 0 Å². The molecule has 134 valence electrons. The van der Waals surface area contributed by atoms with E-state index in [4.69, 9.17) is 0 Å². The molecule has 0 N–H and O–H groups in total. The number of amides is 2. The summed E-state index contributed by atoms with van der Waals surface area (Å²) in [5.74, 6) is 0.360. The third kappa shape index (κ3) is 2.76. The van der Waals surface area contributed by atoms with E-state index in [-0.39, 0.29) is 23.3 Å². The molecule has 4 heteroatoms. The molecule has 1 aliphatic carbocycles. The van der Waals surface area contributed by atoms with Crippen molar-refractivity contribution in [2.24, 2.45) is 5.41 Å². The number of nitrogens with zero attached hydrogens (tertiary/aromatic N) is 2. The van der Waals surface area contributed by atoms with E-state index in [2.05, 4.69) is 26.0 Å². The van der Waals surface area contributed by atoms with Gasteiger partial charge in [-0.1, -0.05) is 6.07 Å². The Labute approximate surface area is 150 Å². The molecular formula is C21H28N2O2. The van der Waals surface area contributed by atoms with Crippen molar-refractivity contribution < 1.29 is 9.59 Å². The highest BCUT2D eigenvalue weighted by Crippen LogP contribution is 2.41. The molecule has 2 amide bonds. The average molecular weight is 340 g/mol. The van der Waals surface area contributed by atoms with Gasteiger partial charge in [-0.15, -0.1) is 0 Å². The van der Waals surface area contributed by atoms with Crippen molar-refractivity contribution in [1.29, 1.82) is 0 Å². The summed E-state index contributed by atoms with van der Waals surface area (Å²) in [7, 11) is 0. The van der Waals surface area contributed by atoms with Crippen molar-refractivity contribution >= 4 is 11.8 Å². The molecule has 0 unspecified atom stereocenters. The first-order valence-corrected chi connectivity index (χ1v) is 9.72. The average Bonchev–Trinajstić information content (AvgIpc) is 3.23. The van der Waals surface area contributed by atoms with Crippen molar-refractivity contribution in [2.45, 2.75) is 58.4 Å². The van der Waals surface area contributed by atoms with Crippen LogP contribution in [0.25, 0.3) is 0 Å². The molecule has 2 aliphatic heterocycles. The van der Waals surface area contributed by atoms with E-state index < -0.39 is 0 Å². The molecule has 4 nitrogen and oxygen atoms in total. The van der Waals surface area contributed by atoms with Crippen molar-refractivity contribution in [3.05, 3.63) is 34.9 Å². The predicted molar refractivity (Wildman–Crippen MR) is 97.5 cm³/mol. The smallest absolute Gasteiger partial charge is 0.253 e. The number of carbonyl (C=O) groups is 2. The minimum atomic E-state index is -0.338. The largest absolute Gasteiger partial charge is 0.340 e. The molecule has 4 rings (SSSR count). The van der Waals surface area contributed by atoms with E-state index in [0.29, 0.717) is 13.1 Å². The number of likely N-dealkylation sites (tertiary alicyclic amines) is 2. The van der Waals surface area contributed by atoms with Crippen LogP contribution in [0.2, 0.25) is 0 Å². The summed E-state index contributed by atoms with van der Waals surface area (Å²) in [4.78, 5) is 30.0. The maximum Gasteiger partial charge on any atom is 0.253 e. The molecule has 1 spiro atoms. The van der Waals surface area contributed by atoms with Crippen molar-refractivity contribution in [3.8, 4) is 0 Å². The van der Waals surface area contributed by atoms with E-state index in [9.17, 15) is 9.59 Å². The van der Waals surface area contributed by atoms with E-state index >= 15 is 0 Å². The second-order valence-electron chi connectivity index (χ2n) is 8.29. The van der Waals surface area contributed by atoms with Crippen LogP contribution < -0.4 is 0 Å². The molecule has 0 bridgehead atoms. The molecular weight excluding hydrogens is 312 g/mol. The van der Waals surface area contributed by atoms with Crippen LogP contribution in [-0.2, 0) is 17.6 Å². The third-order valence-corrected chi connectivity index (χ3v) is 6.38. The van der Waals surface area contributed by atoms with Gasteiger partial charge >= 0.3 is 0 Å². The van der Waals surface area contributed by atoms with Crippen LogP contribution in [0.5, 0.6) is 0 Å². The van der Waals surface area contributed by atoms with Crippen LogP contribution in [0.3, 0.4) is 0 Å². The maximum atomic E-state index is 13.0. The highest BCUT2D eigenvalue weighted by Gasteiger charge is 2.49. The summed E-state index contributed by atoms with van der Waals surface area (Å²) in [6, 6.07) is 6.42. The number of hydrogen-bond donors (Lipinski definition) is 0. The second kappa shape index (κ2) is 6.15.